The third kappa shape index (κ3) is 2.08. The van der Waals surface area contributed by atoms with E-state index in [4.69, 9.17) is 5.26 Å². The second-order valence-corrected chi connectivity index (χ2v) is 4.11. The average molecular weight is 263 g/mol. The molecule has 0 radical (unpaired) electrons. The van der Waals surface area contributed by atoms with Crippen molar-refractivity contribution in [2.75, 3.05) is 5.32 Å². The molecule has 6 heteroatoms. The van der Waals surface area contributed by atoms with Gasteiger partial charge >= 0.3 is 0 Å². The lowest BCUT2D eigenvalue weighted by Gasteiger charge is -2.02. The highest BCUT2D eigenvalue weighted by molar-refractivity contribution is 6.07. The highest BCUT2D eigenvalue weighted by atomic mass is 16.1. The van der Waals surface area contributed by atoms with E-state index in [0.717, 1.165) is 10.9 Å². The largest absolute Gasteiger partial charge is 0.305 e. The van der Waals surface area contributed by atoms with Gasteiger partial charge in [0.05, 0.1) is 5.52 Å². The summed E-state index contributed by atoms with van der Waals surface area (Å²) in [4.78, 5) is 15.9. The number of pyridine rings is 1. The summed E-state index contributed by atoms with van der Waals surface area (Å²) in [5, 5.41) is 19.2. The van der Waals surface area contributed by atoms with Crippen molar-refractivity contribution in [2.45, 2.75) is 0 Å². The monoisotopic (exact) mass is 263 g/mol. The lowest BCUT2D eigenvalue weighted by molar-refractivity contribution is 0.102. The molecular weight excluding hydrogens is 254 g/mol. The van der Waals surface area contributed by atoms with E-state index in [-0.39, 0.29) is 11.6 Å². The zero-order chi connectivity index (χ0) is 13.9. The lowest BCUT2D eigenvalue weighted by Crippen LogP contribution is -2.12. The van der Waals surface area contributed by atoms with E-state index in [0.29, 0.717) is 11.4 Å². The van der Waals surface area contributed by atoms with Crippen LogP contribution in [0.1, 0.15) is 16.1 Å². The van der Waals surface area contributed by atoms with Gasteiger partial charge in [0.2, 0.25) is 0 Å². The molecule has 0 atom stereocenters. The first-order valence-electron chi connectivity index (χ1n) is 5.88. The SMILES string of the molecule is N#Cc1cc(C(=O)Nc2n[nH]c3ccccc23)ccn1. The Morgan fingerprint density at radius 1 is 1.30 bits per heavy atom. The van der Waals surface area contributed by atoms with E-state index in [9.17, 15) is 4.79 Å². The van der Waals surface area contributed by atoms with Crippen LogP contribution in [0.2, 0.25) is 0 Å². The maximum atomic E-state index is 12.1. The van der Waals surface area contributed by atoms with Crippen LogP contribution in [0.15, 0.2) is 42.6 Å². The smallest absolute Gasteiger partial charge is 0.257 e. The van der Waals surface area contributed by atoms with Crippen molar-refractivity contribution in [2.24, 2.45) is 0 Å². The van der Waals surface area contributed by atoms with Crippen molar-refractivity contribution in [3.8, 4) is 6.07 Å². The molecule has 20 heavy (non-hydrogen) atoms. The minimum absolute atomic E-state index is 0.199. The molecule has 0 aliphatic heterocycles. The van der Waals surface area contributed by atoms with Crippen LogP contribution in [0, 0.1) is 11.3 Å². The standard InChI is InChI=1S/C14H9N5O/c15-8-10-7-9(5-6-16-10)14(20)17-13-11-3-1-2-4-12(11)18-19-13/h1-7H,(H2,17,18,19,20). The maximum Gasteiger partial charge on any atom is 0.257 e. The van der Waals surface area contributed by atoms with Gasteiger partial charge in [-0.3, -0.25) is 9.89 Å². The minimum Gasteiger partial charge on any atom is -0.305 e. The van der Waals surface area contributed by atoms with E-state index in [1.807, 2.05) is 30.3 Å². The Labute approximate surface area is 114 Å². The zero-order valence-electron chi connectivity index (χ0n) is 10.3. The van der Waals surface area contributed by atoms with Gasteiger partial charge in [-0.2, -0.15) is 10.4 Å². The molecule has 1 amide bonds. The Bertz CT molecular complexity index is 831. The quantitative estimate of drug-likeness (QED) is 0.740. The molecule has 1 aromatic carbocycles. The summed E-state index contributed by atoms with van der Waals surface area (Å²) in [7, 11) is 0. The van der Waals surface area contributed by atoms with Gasteiger partial charge in [0.25, 0.3) is 5.91 Å². The molecule has 2 aromatic heterocycles. The van der Waals surface area contributed by atoms with Crippen molar-refractivity contribution in [3.63, 3.8) is 0 Å². The van der Waals surface area contributed by atoms with Crippen LogP contribution < -0.4 is 5.32 Å². The summed E-state index contributed by atoms with van der Waals surface area (Å²) in [6.07, 6.45) is 1.43. The highest BCUT2D eigenvalue weighted by Crippen LogP contribution is 2.20. The Morgan fingerprint density at radius 2 is 2.15 bits per heavy atom. The van der Waals surface area contributed by atoms with E-state index in [2.05, 4.69) is 20.5 Å². The third-order valence-corrected chi connectivity index (χ3v) is 2.84. The van der Waals surface area contributed by atoms with Gasteiger partial charge in [0, 0.05) is 17.1 Å². The van der Waals surface area contributed by atoms with Crippen molar-refractivity contribution < 1.29 is 4.79 Å². The lowest BCUT2D eigenvalue weighted by atomic mass is 10.2. The number of benzene rings is 1. The number of aromatic amines is 1. The number of aromatic nitrogens is 3. The van der Waals surface area contributed by atoms with Gasteiger partial charge in [-0.15, -0.1) is 0 Å². The normalized spacial score (nSPS) is 10.2. The number of H-pyrrole nitrogens is 1. The second kappa shape index (κ2) is 4.82. The topological polar surface area (TPSA) is 94.5 Å². The molecule has 0 saturated heterocycles. The third-order valence-electron chi connectivity index (χ3n) is 2.84. The number of anilines is 1. The van der Waals surface area contributed by atoms with Crippen LogP contribution in [0.25, 0.3) is 10.9 Å². The molecule has 0 fully saturated rings. The van der Waals surface area contributed by atoms with E-state index in [1.165, 1.54) is 12.3 Å². The first kappa shape index (κ1) is 11.9. The number of para-hydroxylation sites is 1. The van der Waals surface area contributed by atoms with Crippen molar-refractivity contribution in [1.29, 1.82) is 5.26 Å². The van der Waals surface area contributed by atoms with Crippen molar-refractivity contribution in [3.05, 3.63) is 53.9 Å². The summed E-state index contributed by atoms with van der Waals surface area (Å²) in [5.74, 6) is 0.127. The molecule has 6 nitrogen and oxygen atoms in total. The molecule has 2 N–H and O–H groups in total. The van der Waals surface area contributed by atoms with Gasteiger partial charge in [0.15, 0.2) is 5.82 Å². The number of nitriles is 1. The van der Waals surface area contributed by atoms with Crippen LogP contribution in [0.3, 0.4) is 0 Å². The van der Waals surface area contributed by atoms with E-state index < -0.39 is 0 Å². The first-order chi connectivity index (χ1) is 9.78. The minimum atomic E-state index is -0.332. The van der Waals surface area contributed by atoms with Gasteiger partial charge in [-0.05, 0) is 24.3 Å². The molecule has 0 aliphatic rings. The number of hydrogen-bond acceptors (Lipinski definition) is 4. The average Bonchev–Trinajstić information content (AvgIpc) is 2.90. The fraction of sp³-hybridized carbons (Fsp3) is 0. The van der Waals surface area contributed by atoms with Gasteiger partial charge in [-0.1, -0.05) is 12.1 Å². The number of hydrogen-bond donors (Lipinski definition) is 2. The Kier molecular flexibility index (Phi) is 2.86. The van der Waals surface area contributed by atoms with Crippen LogP contribution in [-0.4, -0.2) is 21.1 Å². The molecule has 0 aliphatic carbocycles. The summed E-state index contributed by atoms with van der Waals surface area (Å²) in [6, 6.07) is 12.4. The second-order valence-electron chi connectivity index (χ2n) is 4.11. The number of rotatable bonds is 2. The predicted octanol–water partition coefficient (Wildman–Crippen LogP) is 2.08. The summed E-state index contributed by atoms with van der Waals surface area (Å²) < 4.78 is 0. The molecular formula is C14H9N5O. The number of carbonyl (C=O) groups is 1. The molecule has 0 saturated carbocycles. The Morgan fingerprint density at radius 3 is 3.00 bits per heavy atom. The van der Waals surface area contributed by atoms with E-state index in [1.54, 1.807) is 6.07 Å². The number of nitrogens with one attached hydrogen (secondary N) is 2. The zero-order valence-corrected chi connectivity index (χ0v) is 10.3. The Hall–Kier alpha value is -3.20. The van der Waals surface area contributed by atoms with Crippen LogP contribution in [-0.2, 0) is 0 Å². The van der Waals surface area contributed by atoms with Crippen molar-refractivity contribution >= 4 is 22.6 Å². The summed E-state index contributed by atoms with van der Waals surface area (Å²) >= 11 is 0. The van der Waals surface area contributed by atoms with Crippen LogP contribution in [0.5, 0.6) is 0 Å². The summed E-state index contributed by atoms with van der Waals surface area (Å²) in [5.41, 5.74) is 1.41. The molecule has 2 heterocycles. The molecule has 96 valence electrons. The van der Waals surface area contributed by atoms with Gasteiger partial charge in [-0.25, -0.2) is 4.98 Å². The summed E-state index contributed by atoms with van der Waals surface area (Å²) in [6.45, 7) is 0. The number of nitrogens with zero attached hydrogens (tertiary/aromatic N) is 3. The number of fused-ring (bicyclic) bond motifs is 1. The molecule has 0 unspecified atom stereocenters. The highest BCUT2D eigenvalue weighted by Gasteiger charge is 2.11. The van der Waals surface area contributed by atoms with Gasteiger partial charge < -0.3 is 5.32 Å². The Balaban J connectivity index is 1.91. The number of carbonyl (C=O) groups excluding carboxylic acids is 1. The fourth-order valence-corrected chi connectivity index (χ4v) is 1.87. The fourth-order valence-electron chi connectivity index (χ4n) is 1.87. The maximum absolute atomic E-state index is 12.1. The van der Waals surface area contributed by atoms with E-state index >= 15 is 0 Å². The molecule has 3 aromatic rings. The van der Waals surface area contributed by atoms with Gasteiger partial charge in [0.1, 0.15) is 11.8 Å². The molecule has 3 rings (SSSR count). The molecule has 0 bridgehead atoms. The predicted molar refractivity (Wildman–Crippen MR) is 73.0 cm³/mol. The number of amides is 1. The first-order valence-corrected chi connectivity index (χ1v) is 5.88. The van der Waals surface area contributed by atoms with Crippen LogP contribution in [0.4, 0.5) is 5.82 Å². The van der Waals surface area contributed by atoms with Crippen LogP contribution >= 0.6 is 0 Å². The molecule has 0 spiro atoms. The van der Waals surface area contributed by atoms with Crippen molar-refractivity contribution in [1.82, 2.24) is 15.2 Å².